The lowest BCUT2D eigenvalue weighted by Crippen LogP contribution is -1.33. The lowest BCUT2D eigenvalue weighted by molar-refractivity contribution is 1.58. The van der Waals surface area contributed by atoms with Crippen molar-refractivity contribution in [2.45, 2.75) is 6.92 Å². The average molecular weight is 240 g/mol. The first-order valence-corrected chi connectivity index (χ1v) is 4.91. The molecule has 0 amide bonds. The van der Waals surface area contributed by atoms with E-state index in [0.29, 0.717) is 0 Å². The van der Waals surface area contributed by atoms with Crippen molar-refractivity contribution in [2.75, 3.05) is 4.43 Å². The van der Waals surface area contributed by atoms with E-state index in [1.807, 2.05) is 22.9 Å². The van der Waals surface area contributed by atoms with Gasteiger partial charge in [0.25, 0.3) is 0 Å². The van der Waals surface area contributed by atoms with Crippen LogP contribution in [0.5, 0.6) is 0 Å². The molecule has 0 aliphatic carbocycles. The molecule has 0 bridgehead atoms. The van der Waals surface area contributed by atoms with E-state index in [-0.39, 0.29) is 0 Å². The van der Waals surface area contributed by atoms with Crippen molar-refractivity contribution in [3.05, 3.63) is 22.9 Å². The van der Waals surface area contributed by atoms with Crippen LogP contribution in [0.25, 0.3) is 0 Å². The van der Waals surface area contributed by atoms with Gasteiger partial charge in [0.2, 0.25) is 0 Å². The summed E-state index contributed by atoms with van der Waals surface area (Å²) in [6.45, 7) is 2.11. The molecule has 0 aliphatic rings. The van der Waals surface area contributed by atoms with Crippen LogP contribution in [0.1, 0.15) is 6.92 Å². The van der Waals surface area contributed by atoms with Crippen molar-refractivity contribution in [3.8, 4) is 0 Å². The zero-order valence-electron chi connectivity index (χ0n) is 4.80. The molecule has 0 atom stereocenters. The van der Waals surface area contributed by atoms with Crippen molar-refractivity contribution in [2.24, 2.45) is 0 Å². The van der Waals surface area contributed by atoms with Crippen LogP contribution >= 0.6 is 33.9 Å². The molecule has 0 radical (unpaired) electrons. The van der Waals surface area contributed by atoms with Crippen molar-refractivity contribution in [1.82, 2.24) is 0 Å². The molecule has 0 spiro atoms. The second-order valence-electron chi connectivity index (χ2n) is 1.06. The fourth-order valence-electron chi connectivity index (χ4n) is 0.227. The van der Waals surface area contributed by atoms with Crippen LogP contribution in [-0.2, 0) is 0 Å². The topological polar surface area (TPSA) is 0 Å². The number of rotatable bonds is 0. The Balaban J connectivity index is 0.000000145. The van der Waals surface area contributed by atoms with Gasteiger partial charge in [-0.1, -0.05) is 41.6 Å². The van der Waals surface area contributed by atoms with Gasteiger partial charge < -0.3 is 0 Å². The molecule has 0 aliphatic heterocycles. The van der Waals surface area contributed by atoms with E-state index in [9.17, 15) is 0 Å². The van der Waals surface area contributed by atoms with E-state index in [1.54, 1.807) is 11.3 Å². The summed E-state index contributed by atoms with van der Waals surface area (Å²) in [5, 5.41) is 4.08. The van der Waals surface area contributed by atoms with Gasteiger partial charge in [0.1, 0.15) is 0 Å². The zero-order valence-corrected chi connectivity index (χ0v) is 7.78. The molecule has 0 N–H and O–H groups in total. The highest BCUT2D eigenvalue weighted by molar-refractivity contribution is 14.1. The molecule has 0 aromatic carbocycles. The predicted octanol–water partition coefficient (Wildman–Crippen LogP) is 3.19. The molecular weight excluding hydrogens is 231 g/mol. The molecule has 2 heteroatoms. The molecule has 0 saturated carbocycles. The van der Waals surface area contributed by atoms with Gasteiger partial charge in [-0.2, -0.15) is 11.3 Å². The summed E-state index contributed by atoms with van der Waals surface area (Å²) in [6.07, 6.45) is 0. The zero-order chi connectivity index (χ0) is 6.24. The third-order valence-electron chi connectivity index (χ3n) is 0.425. The standard InChI is InChI=1S/C4H4S.C2H5I/c1-2-4-5-3-1;1-2-3/h1-4H;2H2,1H3. The number of hydrogen-bond acceptors (Lipinski definition) is 1. The fourth-order valence-corrected chi connectivity index (χ4v) is 0.680. The number of halogens is 1. The molecule has 1 heterocycles. The number of thiophene rings is 1. The summed E-state index contributed by atoms with van der Waals surface area (Å²) in [5.41, 5.74) is 0. The normalized spacial score (nSPS) is 7.25. The van der Waals surface area contributed by atoms with Gasteiger partial charge in [0, 0.05) is 0 Å². The quantitative estimate of drug-likeness (QED) is 0.482. The third kappa shape index (κ3) is 6.43. The molecule has 8 heavy (non-hydrogen) atoms. The Bertz CT molecular complexity index is 75.4. The summed E-state index contributed by atoms with van der Waals surface area (Å²) in [4.78, 5) is 0. The molecule has 1 aromatic rings. The second kappa shape index (κ2) is 7.43. The maximum atomic E-state index is 2.29. The van der Waals surface area contributed by atoms with E-state index in [4.69, 9.17) is 0 Å². The van der Waals surface area contributed by atoms with Gasteiger partial charge in [-0.15, -0.1) is 0 Å². The summed E-state index contributed by atoms with van der Waals surface area (Å²) in [6, 6.07) is 4.04. The Morgan fingerprint density at radius 2 is 1.75 bits per heavy atom. The van der Waals surface area contributed by atoms with E-state index in [2.05, 4.69) is 29.5 Å². The summed E-state index contributed by atoms with van der Waals surface area (Å²) in [5.74, 6) is 0. The third-order valence-corrected chi connectivity index (χ3v) is 1.05. The van der Waals surface area contributed by atoms with Crippen LogP contribution in [0.15, 0.2) is 22.9 Å². The Morgan fingerprint density at radius 1 is 1.38 bits per heavy atom. The predicted molar refractivity (Wildman–Crippen MR) is 48.9 cm³/mol. The number of hydrogen-bond donors (Lipinski definition) is 0. The lowest BCUT2D eigenvalue weighted by Gasteiger charge is -1.45. The van der Waals surface area contributed by atoms with Crippen LogP contribution in [-0.4, -0.2) is 4.43 Å². The maximum absolute atomic E-state index is 2.29. The molecule has 1 aromatic heterocycles. The lowest BCUT2D eigenvalue weighted by atomic mass is 10.7. The van der Waals surface area contributed by atoms with E-state index in [1.165, 1.54) is 4.43 Å². The van der Waals surface area contributed by atoms with Crippen LogP contribution in [0.2, 0.25) is 0 Å². The average Bonchev–Trinajstić information content (AvgIpc) is 2.17. The minimum absolute atomic E-state index is 1.22. The molecule has 1 rings (SSSR count). The van der Waals surface area contributed by atoms with E-state index >= 15 is 0 Å². The molecule has 0 fully saturated rings. The highest BCUT2D eigenvalue weighted by Crippen LogP contribution is 1.91. The first-order valence-electron chi connectivity index (χ1n) is 2.45. The monoisotopic (exact) mass is 240 g/mol. The molecule has 0 unspecified atom stereocenters. The molecule has 0 nitrogen and oxygen atoms in total. The highest BCUT2D eigenvalue weighted by atomic mass is 127. The molecule has 0 saturated heterocycles. The van der Waals surface area contributed by atoms with Crippen molar-refractivity contribution in [1.29, 1.82) is 0 Å². The van der Waals surface area contributed by atoms with Crippen LogP contribution < -0.4 is 0 Å². The Kier molecular flexibility index (Phi) is 7.83. The Labute approximate surface area is 68.1 Å². The van der Waals surface area contributed by atoms with E-state index in [0.717, 1.165) is 0 Å². The van der Waals surface area contributed by atoms with Crippen LogP contribution in [0, 0.1) is 0 Å². The van der Waals surface area contributed by atoms with Crippen LogP contribution in [0.3, 0.4) is 0 Å². The van der Waals surface area contributed by atoms with Crippen molar-refractivity contribution < 1.29 is 0 Å². The van der Waals surface area contributed by atoms with Gasteiger partial charge >= 0.3 is 0 Å². The van der Waals surface area contributed by atoms with E-state index < -0.39 is 0 Å². The fraction of sp³-hybridized carbons (Fsp3) is 0.333. The van der Waals surface area contributed by atoms with Gasteiger partial charge in [-0.3, -0.25) is 0 Å². The number of alkyl halides is 1. The Hall–Kier alpha value is 0.430. The minimum atomic E-state index is 1.22. The SMILES string of the molecule is CCI.c1ccsc1. The van der Waals surface area contributed by atoms with Gasteiger partial charge in [0.15, 0.2) is 0 Å². The Morgan fingerprint density at radius 3 is 1.88 bits per heavy atom. The van der Waals surface area contributed by atoms with Gasteiger partial charge in [0.05, 0.1) is 0 Å². The first-order chi connectivity index (χ1) is 3.91. The molecule has 46 valence electrons. The largest absolute Gasteiger partial charge is 0.152 e. The summed E-state index contributed by atoms with van der Waals surface area (Å²) in [7, 11) is 0. The van der Waals surface area contributed by atoms with Crippen LogP contribution in [0.4, 0.5) is 0 Å². The first kappa shape index (κ1) is 8.43. The summed E-state index contributed by atoms with van der Waals surface area (Å²) >= 11 is 4.00. The smallest absolute Gasteiger partial charge is 0.00332 e. The maximum Gasteiger partial charge on any atom is -0.00332 e. The summed E-state index contributed by atoms with van der Waals surface area (Å²) < 4.78 is 1.22. The van der Waals surface area contributed by atoms with Crippen molar-refractivity contribution >= 4 is 33.9 Å². The van der Waals surface area contributed by atoms with Crippen molar-refractivity contribution in [3.63, 3.8) is 0 Å². The molecular formula is C6H9IS. The van der Waals surface area contributed by atoms with Gasteiger partial charge in [-0.05, 0) is 15.2 Å². The van der Waals surface area contributed by atoms with Gasteiger partial charge in [-0.25, -0.2) is 0 Å². The second-order valence-corrected chi connectivity index (χ2v) is 3.40. The minimum Gasteiger partial charge on any atom is -0.152 e. The highest BCUT2D eigenvalue weighted by Gasteiger charge is 1.58.